The molecule has 0 bridgehead atoms. The molecule has 0 saturated heterocycles. The third kappa shape index (κ3) is 4.66. The number of carbonyl (C=O) groups is 1. The minimum Gasteiger partial charge on any atom is -0.326 e. The molecule has 0 aromatic carbocycles. The first kappa shape index (κ1) is 15.0. The first-order valence-electron chi connectivity index (χ1n) is 4.63. The Kier molecular flexibility index (Phi) is 6.14. The van der Waals surface area contributed by atoms with Crippen LogP contribution >= 0.6 is 34.5 Å². The van der Waals surface area contributed by atoms with Gasteiger partial charge in [-0.25, -0.2) is 9.37 Å². The first-order valence-corrected chi connectivity index (χ1v) is 6.20. The predicted molar refractivity (Wildman–Crippen MR) is 69.6 cm³/mol. The molecule has 2 N–H and O–H groups in total. The van der Waals surface area contributed by atoms with Gasteiger partial charge in [0.2, 0.25) is 0 Å². The molecule has 8 heteroatoms. The minimum absolute atomic E-state index is 0.181. The number of nitrogens with two attached hydrogens (primary N) is 1. The number of hydrogen-bond acceptors (Lipinski definition) is 5. The molecule has 0 saturated carbocycles. The molecule has 0 aliphatic heterocycles. The third-order valence-electron chi connectivity index (χ3n) is 1.69. The SMILES string of the molecule is NCc1cncc(F)c1.O=Cc1sc(Cl)nc1Cl. The molecule has 4 nitrogen and oxygen atoms in total. The molecule has 0 aliphatic rings. The van der Waals surface area contributed by atoms with E-state index in [-0.39, 0.29) is 11.0 Å². The van der Waals surface area contributed by atoms with Gasteiger partial charge < -0.3 is 5.73 Å². The van der Waals surface area contributed by atoms with E-state index in [9.17, 15) is 9.18 Å². The van der Waals surface area contributed by atoms with E-state index in [0.717, 1.165) is 23.1 Å². The van der Waals surface area contributed by atoms with Crippen LogP contribution in [-0.4, -0.2) is 16.3 Å². The van der Waals surface area contributed by atoms with E-state index in [1.165, 1.54) is 6.07 Å². The van der Waals surface area contributed by atoms with Gasteiger partial charge in [0.15, 0.2) is 15.9 Å². The molecule has 0 aliphatic carbocycles. The Labute approximate surface area is 117 Å². The summed E-state index contributed by atoms with van der Waals surface area (Å²) < 4.78 is 12.5. The van der Waals surface area contributed by atoms with Gasteiger partial charge in [0.1, 0.15) is 10.7 Å². The van der Waals surface area contributed by atoms with Crippen molar-refractivity contribution in [3.63, 3.8) is 0 Å². The zero-order valence-electron chi connectivity index (χ0n) is 8.94. The number of hydrogen-bond donors (Lipinski definition) is 1. The Morgan fingerprint density at radius 3 is 2.50 bits per heavy atom. The number of pyridine rings is 1. The summed E-state index contributed by atoms with van der Waals surface area (Å²) in [4.78, 5) is 17.6. The summed E-state index contributed by atoms with van der Waals surface area (Å²) in [5.41, 5.74) is 5.93. The van der Waals surface area contributed by atoms with Gasteiger partial charge in [-0.1, -0.05) is 34.5 Å². The second-order valence-corrected chi connectivity index (χ2v) is 4.93. The lowest BCUT2D eigenvalue weighted by Gasteiger charge is -1.92. The maximum Gasteiger partial charge on any atom is 0.185 e. The van der Waals surface area contributed by atoms with Crippen LogP contribution in [0.25, 0.3) is 0 Å². The normalized spacial score (nSPS) is 9.56. The molecule has 18 heavy (non-hydrogen) atoms. The Balaban J connectivity index is 0.000000180. The molecule has 0 unspecified atom stereocenters. The molecular weight excluding hydrogens is 300 g/mol. The van der Waals surface area contributed by atoms with Crippen LogP contribution in [0.2, 0.25) is 9.62 Å². The summed E-state index contributed by atoms with van der Waals surface area (Å²) in [6, 6.07) is 1.37. The predicted octanol–water partition coefficient (Wildman–Crippen LogP) is 2.94. The van der Waals surface area contributed by atoms with Crippen molar-refractivity contribution in [1.82, 2.24) is 9.97 Å². The summed E-state index contributed by atoms with van der Waals surface area (Å²) in [5, 5.41) is 0.181. The molecule has 2 aromatic rings. The van der Waals surface area contributed by atoms with E-state index in [1.807, 2.05) is 0 Å². The van der Waals surface area contributed by atoms with Crippen molar-refractivity contribution in [2.24, 2.45) is 5.73 Å². The number of aldehydes is 1. The summed E-state index contributed by atoms with van der Waals surface area (Å²) in [6.45, 7) is 0.338. The quantitative estimate of drug-likeness (QED) is 0.866. The maximum atomic E-state index is 12.2. The lowest BCUT2D eigenvalue weighted by Crippen LogP contribution is -1.96. The van der Waals surface area contributed by atoms with E-state index in [4.69, 9.17) is 28.9 Å². The van der Waals surface area contributed by atoms with Crippen molar-refractivity contribution in [3.8, 4) is 0 Å². The van der Waals surface area contributed by atoms with Gasteiger partial charge in [-0.05, 0) is 11.6 Å². The highest BCUT2D eigenvalue weighted by Gasteiger charge is 2.04. The van der Waals surface area contributed by atoms with E-state index < -0.39 is 0 Å². The van der Waals surface area contributed by atoms with Crippen molar-refractivity contribution in [2.75, 3.05) is 0 Å². The fourth-order valence-corrected chi connectivity index (χ4v) is 2.10. The van der Waals surface area contributed by atoms with Gasteiger partial charge in [-0.15, -0.1) is 0 Å². The van der Waals surface area contributed by atoms with Gasteiger partial charge in [-0.3, -0.25) is 9.78 Å². The smallest absolute Gasteiger partial charge is 0.185 e. The molecule has 0 radical (unpaired) electrons. The highest BCUT2D eigenvalue weighted by atomic mass is 35.5. The average molecular weight is 308 g/mol. The number of rotatable bonds is 2. The molecule has 0 atom stereocenters. The first-order chi connectivity index (χ1) is 8.56. The van der Waals surface area contributed by atoms with Crippen LogP contribution in [0.5, 0.6) is 0 Å². The molecule has 0 amide bonds. The summed E-state index contributed by atoms with van der Waals surface area (Å²) in [5.74, 6) is -0.335. The van der Waals surface area contributed by atoms with Crippen molar-refractivity contribution in [2.45, 2.75) is 6.54 Å². The van der Waals surface area contributed by atoms with Crippen LogP contribution in [0, 0.1) is 5.82 Å². The van der Waals surface area contributed by atoms with Gasteiger partial charge in [0.05, 0.1) is 6.20 Å². The number of carbonyl (C=O) groups excluding carboxylic acids is 1. The highest BCUT2D eigenvalue weighted by molar-refractivity contribution is 7.17. The molecule has 96 valence electrons. The molecule has 2 aromatic heterocycles. The maximum absolute atomic E-state index is 12.2. The molecule has 2 heterocycles. The average Bonchev–Trinajstić information content (AvgIpc) is 2.68. The minimum atomic E-state index is -0.335. The Bertz CT molecular complexity index is 536. The third-order valence-corrected chi connectivity index (χ3v) is 3.17. The number of halogens is 3. The van der Waals surface area contributed by atoms with Gasteiger partial charge in [0.25, 0.3) is 0 Å². The number of aromatic nitrogens is 2. The largest absolute Gasteiger partial charge is 0.326 e. The van der Waals surface area contributed by atoms with Crippen molar-refractivity contribution in [3.05, 3.63) is 44.3 Å². The Morgan fingerprint density at radius 2 is 2.17 bits per heavy atom. The molecule has 2 rings (SSSR count). The highest BCUT2D eigenvalue weighted by Crippen LogP contribution is 2.24. The number of thiazole rings is 1. The summed E-state index contributed by atoms with van der Waals surface area (Å²) >= 11 is 11.9. The Hall–Kier alpha value is -1.08. The summed E-state index contributed by atoms with van der Waals surface area (Å²) in [7, 11) is 0. The summed E-state index contributed by atoms with van der Waals surface area (Å²) in [6.07, 6.45) is 3.33. The van der Waals surface area contributed by atoms with Gasteiger partial charge >= 0.3 is 0 Å². The standard InChI is InChI=1S/C6H7FN2.C4HCl2NOS/c7-6-1-5(2-8)3-9-4-6;5-3-2(1-8)9-4(6)7-3/h1,3-4H,2,8H2;1H. The van der Waals surface area contributed by atoms with Crippen LogP contribution in [0.3, 0.4) is 0 Å². The van der Waals surface area contributed by atoms with Crippen LogP contribution in [0.1, 0.15) is 15.2 Å². The second-order valence-electron chi connectivity index (χ2n) is 2.96. The van der Waals surface area contributed by atoms with E-state index >= 15 is 0 Å². The zero-order chi connectivity index (χ0) is 13.5. The topological polar surface area (TPSA) is 68.9 Å². The fourth-order valence-electron chi connectivity index (χ4n) is 0.928. The van der Waals surface area contributed by atoms with Crippen molar-refractivity contribution < 1.29 is 9.18 Å². The van der Waals surface area contributed by atoms with Crippen LogP contribution < -0.4 is 5.73 Å². The van der Waals surface area contributed by atoms with Crippen LogP contribution in [0.15, 0.2) is 18.5 Å². The molecule has 0 fully saturated rings. The van der Waals surface area contributed by atoms with Crippen LogP contribution in [0.4, 0.5) is 4.39 Å². The van der Waals surface area contributed by atoms with E-state index in [1.54, 1.807) is 6.20 Å². The lowest BCUT2D eigenvalue weighted by molar-refractivity contribution is 0.112. The van der Waals surface area contributed by atoms with Gasteiger partial charge in [-0.2, -0.15) is 0 Å². The number of nitrogens with zero attached hydrogens (tertiary/aromatic N) is 2. The van der Waals surface area contributed by atoms with Gasteiger partial charge in [0, 0.05) is 12.7 Å². The molecular formula is C10H8Cl2FN3OS. The second kappa shape index (κ2) is 7.38. The van der Waals surface area contributed by atoms with E-state index in [0.29, 0.717) is 22.2 Å². The lowest BCUT2D eigenvalue weighted by atomic mass is 10.3. The van der Waals surface area contributed by atoms with E-state index in [2.05, 4.69) is 9.97 Å². The fraction of sp³-hybridized carbons (Fsp3) is 0.100. The zero-order valence-corrected chi connectivity index (χ0v) is 11.3. The Morgan fingerprint density at radius 1 is 1.44 bits per heavy atom. The monoisotopic (exact) mass is 307 g/mol. The molecule has 0 spiro atoms. The van der Waals surface area contributed by atoms with Crippen molar-refractivity contribution in [1.29, 1.82) is 0 Å². The van der Waals surface area contributed by atoms with Crippen LogP contribution in [-0.2, 0) is 6.54 Å². The van der Waals surface area contributed by atoms with Crippen molar-refractivity contribution >= 4 is 40.8 Å².